The summed E-state index contributed by atoms with van der Waals surface area (Å²) in [5, 5.41) is 35.7. The maximum Gasteiger partial charge on any atom is 0.237 e. The molecule has 0 spiro atoms. The molecule has 0 aromatic rings. The van der Waals surface area contributed by atoms with Gasteiger partial charge in [-0.3, -0.25) is 9.59 Å². The van der Waals surface area contributed by atoms with E-state index in [1.165, 1.54) is 0 Å². The molecule has 34 heavy (non-hydrogen) atoms. The van der Waals surface area contributed by atoms with Crippen molar-refractivity contribution in [1.29, 1.82) is 5.26 Å². The van der Waals surface area contributed by atoms with Crippen LogP contribution in [0.15, 0.2) is 0 Å². The first-order valence-corrected chi connectivity index (χ1v) is 12.2. The summed E-state index contributed by atoms with van der Waals surface area (Å²) in [6.07, 6.45) is 1.34. The van der Waals surface area contributed by atoms with Crippen LogP contribution in [0.1, 0.15) is 52.4 Å². The van der Waals surface area contributed by atoms with Gasteiger partial charge in [0.15, 0.2) is 5.79 Å². The predicted molar refractivity (Wildman–Crippen MR) is 118 cm³/mol. The Morgan fingerprint density at radius 2 is 1.91 bits per heavy atom. The molecule has 4 rings (SSSR count). The predicted octanol–water partition coefficient (Wildman–Crippen LogP) is -0.635. The maximum atomic E-state index is 12.9. The maximum absolute atomic E-state index is 12.9. The first kappa shape index (κ1) is 25.3. The molecule has 2 amide bonds. The molecule has 0 radical (unpaired) electrons. The fourth-order valence-electron chi connectivity index (χ4n) is 5.50. The fraction of sp³-hybridized carbons (Fsp3) is 0.870. The van der Waals surface area contributed by atoms with E-state index in [0.29, 0.717) is 19.4 Å². The summed E-state index contributed by atoms with van der Waals surface area (Å²) in [7, 11) is 0. The van der Waals surface area contributed by atoms with Crippen molar-refractivity contribution in [3.8, 4) is 6.07 Å². The van der Waals surface area contributed by atoms with E-state index < -0.39 is 29.9 Å². The number of aliphatic hydroxyl groups is 2. The molecule has 4 fully saturated rings. The lowest BCUT2D eigenvalue weighted by atomic mass is 9.85. The quantitative estimate of drug-likeness (QED) is 0.389. The van der Waals surface area contributed by atoms with Gasteiger partial charge >= 0.3 is 0 Å². The fourth-order valence-corrected chi connectivity index (χ4v) is 5.50. The highest BCUT2D eigenvalue weighted by atomic mass is 16.8. The summed E-state index contributed by atoms with van der Waals surface area (Å²) in [6, 6.07) is 2.03. The third-order valence-corrected chi connectivity index (χ3v) is 7.34. The average molecular weight is 481 g/mol. The number of amides is 2. The highest BCUT2D eigenvalue weighted by molar-refractivity contribution is 5.79. The molecular formula is C23H36N4O7. The van der Waals surface area contributed by atoms with Crippen molar-refractivity contribution in [2.75, 3.05) is 26.2 Å². The molecule has 11 heteroatoms. The molecule has 0 unspecified atom stereocenters. The normalized spacial score (nSPS) is 39.3. The van der Waals surface area contributed by atoms with Gasteiger partial charge in [0, 0.05) is 18.5 Å². The highest BCUT2D eigenvalue weighted by Crippen LogP contribution is 2.42. The highest BCUT2D eigenvalue weighted by Gasteiger charge is 2.61. The molecule has 0 aromatic heterocycles. The largest absolute Gasteiger partial charge is 0.388 e. The Balaban J connectivity index is 1.23. The Bertz CT molecular complexity index is 810. The minimum absolute atomic E-state index is 0.00623. The van der Waals surface area contributed by atoms with Crippen molar-refractivity contribution in [3.63, 3.8) is 0 Å². The first-order valence-electron chi connectivity index (χ1n) is 12.2. The van der Waals surface area contributed by atoms with Crippen molar-refractivity contribution >= 4 is 11.8 Å². The molecule has 1 aliphatic carbocycles. The van der Waals surface area contributed by atoms with E-state index in [1.807, 2.05) is 0 Å². The Morgan fingerprint density at radius 1 is 1.18 bits per heavy atom. The van der Waals surface area contributed by atoms with Gasteiger partial charge in [-0.15, -0.1) is 0 Å². The van der Waals surface area contributed by atoms with Crippen LogP contribution in [0.25, 0.3) is 0 Å². The van der Waals surface area contributed by atoms with Crippen LogP contribution >= 0.6 is 0 Å². The number of carbonyl (C=O) groups is 2. The zero-order valence-electron chi connectivity index (χ0n) is 19.9. The molecule has 0 bridgehead atoms. The Labute approximate surface area is 199 Å². The number of aliphatic hydroxyl groups excluding tert-OH is 2. The molecule has 0 aromatic carbocycles. The molecule has 5 atom stereocenters. The second-order valence-corrected chi connectivity index (χ2v) is 10.2. The molecule has 11 nitrogen and oxygen atoms in total. The summed E-state index contributed by atoms with van der Waals surface area (Å²) in [5.74, 6) is -2.70. The molecule has 190 valence electrons. The van der Waals surface area contributed by atoms with E-state index in [4.69, 9.17) is 19.5 Å². The number of hydrogen-bond acceptors (Lipinski definition) is 9. The van der Waals surface area contributed by atoms with E-state index in [2.05, 4.69) is 16.7 Å². The summed E-state index contributed by atoms with van der Waals surface area (Å²) < 4.78 is 17.4. The molecular weight excluding hydrogens is 444 g/mol. The van der Waals surface area contributed by atoms with E-state index in [-0.39, 0.29) is 49.5 Å². The van der Waals surface area contributed by atoms with Crippen LogP contribution in [-0.4, -0.2) is 95.1 Å². The topological polar surface area (TPSA) is 153 Å². The van der Waals surface area contributed by atoms with Crippen LogP contribution in [0.2, 0.25) is 0 Å². The Kier molecular flexibility index (Phi) is 7.47. The monoisotopic (exact) mass is 480 g/mol. The van der Waals surface area contributed by atoms with E-state index >= 15 is 0 Å². The van der Waals surface area contributed by atoms with Gasteiger partial charge in [-0.25, -0.2) is 0 Å². The van der Waals surface area contributed by atoms with E-state index in [9.17, 15) is 19.8 Å². The molecule has 4 N–H and O–H groups in total. The SMILES string of the molecule is CC1(C)O[C@H]2[C@H](O)[C@H](O)CO[C@@]2(CNC(=O)C2CCC(NCC(=O)N3CCC[C@H]3C#N)CC2)O1. The van der Waals surface area contributed by atoms with Gasteiger partial charge < -0.3 is 40.0 Å². The van der Waals surface area contributed by atoms with Crippen molar-refractivity contribution in [2.24, 2.45) is 5.92 Å². The lowest BCUT2D eigenvalue weighted by molar-refractivity contribution is -0.288. The van der Waals surface area contributed by atoms with Gasteiger partial charge in [0.05, 0.1) is 25.8 Å². The summed E-state index contributed by atoms with van der Waals surface area (Å²) in [6.45, 7) is 4.13. The minimum atomic E-state index is -1.35. The number of ether oxygens (including phenoxy) is 3. The first-order chi connectivity index (χ1) is 16.1. The molecule has 1 saturated carbocycles. The van der Waals surface area contributed by atoms with Crippen molar-refractivity contribution in [2.45, 2.75) is 94.3 Å². The van der Waals surface area contributed by atoms with Crippen LogP contribution in [0.3, 0.4) is 0 Å². The van der Waals surface area contributed by atoms with Crippen molar-refractivity contribution < 1.29 is 34.0 Å². The Hall–Kier alpha value is -1.81. The van der Waals surface area contributed by atoms with Crippen LogP contribution < -0.4 is 10.6 Å². The summed E-state index contributed by atoms with van der Waals surface area (Å²) >= 11 is 0. The van der Waals surface area contributed by atoms with E-state index in [1.54, 1.807) is 18.7 Å². The third-order valence-electron chi connectivity index (χ3n) is 7.34. The molecule has 4 aliphatic rings. The zero-order chi connectivity index (χ0) is 24.5. The van der Waals surface area contributed by atoms with Crippen molar-refractivity contribution in [3.05, 3.63) is 0 Å². The van der Waals surface area contributed by atoms with Gasteiger partial charge in [0.2, 0.25) is 17.6 Å². The van der Waals surface area contributed by atoms with Gasteiger partial charge in [0.1, 0.15) is 24.4 Å². The van der Waals surface area contributed by atoms with E-state index in [0.717, 1.165) is 25.7 Å². The average Bonchev–Trinajstić information content (AvgIpc) is 3.41. The molecule has 3 heterocycles. The zero-order valence-corrected chi connectivity index (χ0v) is 19.9. The standard InChI is InChI=1S/C23H36N4O7/c1-22(2)33-20-19(30)17(28)12-32-23(20,34-22)13-26-21(31)14-5-7-15(8-6-14)25-11-18(29)27-9-3-4-16(27)10-24/h14-17,19-20,25,28,30H,3-9,11-13H2,1-2H3,(H,26,31)/t14?,15?,16-,17+,19+,20-,23-/m0/s1. The third kappa shape index (κ3) is 5.22. The minimum Gasteiger partial charge on any atom is -0.388 e. The molecule has 3 saturated heterocycles. The number of likely N-dealkylation sites (tertiary alicyclic amines) is 1. The smallest absolute Gasteiger partial charge is 0.237 e. The second-order valence-electron chi connectivity index (χ2n) is 10.2. The van der Waals surface area contributed by atoms with Gasteiger partial charge in [-0.05, 0) is 52.4 Å². The number of nitrogens with one attached hydrogen (secondary N) is 2. The van der Waals surface area contributed by atoms with Crippen LogP contribution in [0.5, 0.6) is 0 Å². The van der Waals surface area contributed by atoms with Crippen LogP contribution in [0, 0.1) is 17.2 Å². The van der Waals surface area contributed by atoms with Crippen LogP contribution in [-0.2, 0) is 23.8 Å². The number of nitriles is 1. The second kappa shape index (κ2) is 10.0. The summed E-state index contributed by atoms with van der Waals surface area (Å²) in [4.78, 5) is 26.9. The lowest BCUT2D eigenvalue weighted by Crippen LogP contribution is -2.63. The van der Waals surface area contributed by atoms with Gasteiger partial charge in [0.25, 0.3) is 0 Å². The number of rotatable bonds is 6. The lowest BCUT2D eigenvalue weighted by Gasteiger charge is -2.41. The number of carbonyl (C=O) groups excluding carboxylic acids is 2. The van der Waals surface area contributed by atoms with Gasteiger partial charge in [-0.2, -0.15) is 5.26 Å². The number of hydrogen-bond donors (Lipinski definition) is 4. The van der Waals surface area contributed by atoms with Crippen molar-refractivity contribution in [1.82, 2.24) is 15.5 Å². The number of fused-ring (bicyclic) bond motifs is 1. The van der Waals surface area contributed by atoms with Gasteiger partial charge in [-0.1, -0.05) is 0 Å². The van der Waals surface area contributed by atoms with Crippen LogP contribution in [0.4, 0.5) is 0 Å². The summed E-state index contributed by atoms with van der Waals surface area (Å²) in [5.41, 5.74) is 0. The molecule has 3 aliphatic heterocycles. The Morgan fingerprint density at radius 3 is 2.62 bits per heavy atom. The number of nitrogens with zero attached hydrogens (tertiary/aromatic N) is 2.